The van der Waals surface area contributed by atoms with Crippen LogP contribution in [-0.4, -0.2) is 69.5 Å². The summed E-state index contributed by atoms with van der Waals surface area (Å²) >= 11 is 0. The Morgan fingerprint density at radius 3 is 2.27 bits per heavy atom. The Hall–Kier alpha value is -2.99. The Morgan fingerprint density at radius 1 is 1.06 bits per heavy atom. The number of rotatable bonds is 15. The number of nitrogens with one attached hydrogen (secondary N) is 4. The molecule has 1 rings (SSSR count). The number of aromatic nitrogens is 2. The zero-order valence-electron chi connectivity index (χ0n) is 19.5. The smallest absolute Gasteiger partial charge is 0.326 e. The van der Waals surface area contributed by atoms with E-state index >= 15 is 0 Å². The molecule has 0 spiro atoms. The summed E-state index contributed by atoms with van der Waals surface area (Å²) in [6.45, 7) is 5.65. The van der Waals surface area contributed by atoms with Crippen molar-refractivity contribution >= 4 is 23.7 Å². The van der Waals surface area contributed by atoms with Crippen LogP contribution in [0.5, 0.6) is 0 Å². The van der Waals surface area contributed by atoms with Crippen LogP contribution in [0.15, 0.2) is 12.5 Å². The highest BCUT2D eigenvalue weighted by atomic mass is 16.4. The minimum absolute atomic E-state index is 0.00696. The van der Waals surface area contributed by atoms with Gasteiger partial charge in [0, 0.05) is 18.3 Å². The number of H-pyrrole nitrogens is 1. The minimum Gasteiger partial charge on any atom is -0.480 e. The molecule has 1 aromatic rings. The van der Waals surface area contributed by atoms with Crippen LogP contribution in [0.25, 0.3) is 0 Å². The highest BCUT2D eigenvalue weighted by Gasteiger charge is 2.29. The number of aliphatic carboxylic acids is 1. The molecule has 12 heteroatoms. The summed E-state index contributed by atoms with van der Waals surface area (Å²) in [4.78, 5) is 56.0. The molecule has 33 heavy (non-hydrogen) atoms. The third-order valence-electron chi connectivity index (χ3n) is 5.49. The van der Waals surface area contributed by atoms with Crippen molar-refractivity contribution in [2.45, 2.75) is 77.0 Å². The number of nitrogens with two attached hydrogens (primary N) is 2. The average Bonchev–Trinajstić information content (AvgIpc) is 3.29. The number of amides is 3. The molecule has 0 aromatic carbocycles. The Balaban J connectivity index is 2.76. The first-order chi connectivity index (χ1) is 15.6. The molecule has 9 N–H and O–H groups in total. The molecule has 1 heterocycles. The Labute approximate surface area is 193 Å². The van der Waals surface area contributed by atoms with E-state index in [1.165, 1.54) is 19.4 Å². The SMILES string of the molecule is CCC(C)C(N)C(=O)NC(CCCCN)C(=O)NC(C)C(=O)NC(Cc1cnc[nH]1)C(=O)O. The predicted octanol–water partition coefficient (Wildman–Crippen LogP) is -0.986. The first-order valence-electron chi connectivity index (χ1n) is 11.2. The molecule has 0 saturated carbocycles. The molecule has 12 nitrogen and oxygen atoms in total. The van der Waals surface area contributed by atoms with Gasteiger partial charge in [0.25, 0.3) is 0 Å². The molecule has 0 aliphatic rings. The van der Waals surface area contributed by atoms with Crippen molar-refractivity contribution < 1.29 is 24.3 Å². The number of hydrogen-bond acceptors (Lipinski definition) is 7. The van der Waals surface area contributed by atoms with E-state index < -0.39 is 47.9 Å². The van der Waals surface area contributed by atoms with E-state index in [1.54, 1.807) is 0 Å². The fourth-order valence-electron chi connectivity index (χ4n) is 3.03. The second-order valence-electron chi connectivity index (χ2n) is 8.17. The van der Waals surface area contributed by atoms with Crippen LogP contribution in [0.3, 0.4) is 0 Å². The van der Waals surface area contributed by atoms with E-state index in [1.807, 2.05) is 13.8 Å². The third-order valence-corrected chi connectivity index (χ3v) is 5.49. The zero-order chi connectivity index (χ0) is 25.0. The van der Waals surface area contributed by atoms with Crippen molar-refractivity contribution in [3.8, 4) is 0 Å². The topological polar surface area (TPSA) is 205 Å². The summed E-state index contributed by atoms with van der Waals surface area (Å²) in [5.74, 6) is -2.95. The maximum atomic E-state index is 12.8. The summed E-state index contributed by atoms with van der Waals surface area (Å²) in [5.41, 5.74) is 12.0. The van der Waals surface area contributed by atoms with E-state index in [-0.39, 0.29) is 12.3 Å². The van der Waals surface area contributed by atoms with Crippen molar-refractivity contribution in [1.82, 2.24) is 25.9 Å². The lowest BCUT2D eigenvalue weighted by Gasteiger charge is -2.25. The van der Waals surface area contributed by atoms with E-state index in [0.29, 0.717) is 37.9 Å². The van der Waals surface area contributed by atoms with Crippen LogP contribution < -0.4 is 27.4 Å². The van der Waals surface area contributed by atoms with Gasteiger partial charge < -0.3 is 37.5 Å². The van der Waals surface area contributed by atoms with Crippen molar-refractivity contribution in [2.75, 3.05) is 6.54 Å². The maximum Gasteiger partial charge on any atom is 0.326 e. The van der Waals surface area contributed by atoms with Crippen LogP contribution in [0.4, 0.5) is 0 Å². The largest absolute Gasteiger partial charge is 0.480 e. The van der Waals surface area contributed by atoms with Gasteiger partial charge in [-0.15, -0.1) is 0 Å². The highest BCUT2D eigenvalue weighted by molar-refractivity contribution is 5.93. The summed E-state index contributed by atoms with van der Waals surface area (Å²) in [7, 11) is 0. The van der Waals surface area contributed by atoms with Gasteiger partial charge in [-0.3, -0.25) is 14.4 Å². The Kier molecular flexibility index (Phi) is 12.1. The number of carboxylic acids is 1. The average molecular weight is 468 g/mol. The molecular weight excluding hydrogens is 430 g/mol. The number of imidazole rings is 1. The van der Waals surface area contributed by atoms with Gasteiger partial charge in [-0.25, -0.2) is 9.78 Å². The molecule has 5 atom stereocenters. The fraction of sp³-hybridized carbons (Fsp3) is 0.667. The number of hydrogen-bond donors (Lipinski definition) is 7. The fourth-order valence-corrected chi connectivity index (χ4v) is 3.03. The lowest BCUT2D eigenvalue weighted by atomic mass is 9.98. The zero-order valence-corrected chi connectivity index (χ0v) is 19.5. The first-order valence-corrected chi connectivity index (χ1v) is 11.2. The standard InChI is InChI=1S/C21H37N7O5/c1-4-12(2)17(23)20(31)27-15(7-5-6-8-22)19(30)26-13(3)18(29)28-16(21(32)33)9-14-10-24-11-25-14/h10-13,15-17H,4-9,22-23H2,1-3H3,(H,24,25)(H,26,30)(H,27,31)(H,28,29)(H,32,33). The van der Waals surface area contributed by atoms with Crippen molar-refractivity contribution in [3.63, 3.8) is 0 Å². The van der Waals surface area contributed by atoms with Gasteiger partial charge in [-0.2, -0.15) is 0 Å². The van der Waals surface area contributed by atoms with E-state index in [4.69, 9.17) is 11.5 Å². The summed E-state index contributed by atoms with van der Waals surface area (Å²) < 4.78 is 0. The first kappa shape index (κ1) is 28.0. The molecule has 186 valence electrons. The minimum atomic E-state index is -1.22. The van der Waals surface area contributed by atoms with Crippen LogP contribution in [-0.2, 0) is 25.6 Å². The Bertz CT molecular complexity index is 771. The van der Waals surface area contributed by atoms with Crippen LogP contribution >= 0.6 is 0 Å². The molecule has 0 aliphatic heterocycles. The highest BCUT2D eigenvalue weighted by Crippen LogP contribution is 2.08. The maximum absolute atomic E-state index is 12.8. The lowest BCUT2D eigenvalue weighted by Crippen LogP contribution is -2.57. The quantitative estimate of drug-likeness (QED) is 0.159. The number of aromatic amines is 1. The number of carbonyl (C=O) groups is 4. The molecule has 0 saturated heterocycles. The van der Waals surface area contributed by atoms with E-state index in [0.717, 1.165) is 0 Å². The van der Waals surface area contributed by atoms with E-state index in [2.05, 4.69) is 25.9 Å². The van der Waals surface area contributed by atoms with Gasteiger partial charge in [0.2, 0.25) is 17.7 Å². The normalized spacial score (nSPS) is 15.5. The van der Waals surface area contributed by atoms with Gasteiger partial charge in [0.15, 0.2) is 0 Å². The summed E-state index contributed by atoms with van der Waals surface area (Å²) in [5, 5.41) is 17.0. The van der Waals surface area contributed by atoms with Crippen molar-refractivity contribution in [1.29, 1.82) is 0 Å². The third kappa shape index (κ3) is 9.58. The summed E-state index contributed by atoms with van der Waals surface area (Å²) in [6.07, 6.45) is 5.18. The second kappa shape index (κ2) is 14.2. The molecule has 0 bridgehead atoms. The van der Waals surface area contributed by atoms with Gasteiger partial charge in [0.1, 0.15) is 18.1 Å². The molecule has 1 aromatic heterocycles. The molecule has 0 fully saturated rings. The van der Waals surface area contributed by atoms with Gasteiger partial charge in [-0.1, -0.05) is 20.3 Å². The van der Waals surface area contributed by atoms with Gasteiger partial charge in [-0.05, 0) is 38.6 Å². The Morgan fingerprint density at radius 2 is 1.73 bits per heavy atom. The number of nitrogens with zero attached hydrogens (tertiary/aromatic N) is 1. The number of carboxylic acid groups (broad SMARTS) is 1. The molecule has 5 unspecified atom stereocenters. The van der Waals surface area contributed by atoms with Crippen molar-refractivity contribution in [3.05, 3.63) is 18.2 Å². The van der Waals surface area contributed by atoms with Crippen LogP contribution in [0.2, 0.25) is 0 Å². The van der Waals surface area contributed by atoms with Gasteiger partial charge >= 0.3 is 5.97 Å². The van der Waals surface area contributed by atoms with Crippen LogP contribution in [0.1, 0.15) is 52.1 Å². The molecular formula is C21H37N7O5. The molecule has 0 radical (unpaired) electrons. The molecule has 0 aliphatic carbocycles. The summed E-state index contributed by atoms with van der Waals surface area (Å²) in [6, 6.07) is -3.89. The predicted molar refractivity (Wildman–Crippen MR) is 122 cm³/mol. The second-order valence-corrected chi connectivity index (χ2v) is 8.17. The van der Waals surface area contributed by atoms with Crippen molar-refractivity contribution in [2.24, 2.45) is 17.4 Å². The lowest BCUT2D eigenvalue weighted by molar-refractivity contribution is -0.142. The monoisotopic (exact) mass is 467 g/mol. The van der Waals surface area contributed by atoms with E-state index in [9.17, 15) is 24.3 Å². The van der Waals surface area contributed by atoms with Gasteiger partial charge in [0.05, 0.1) is 12.4 Å². The van der Waals surface area contributed by atoms with Crippen LogP contribution in [0, 0.1) is 5.92 Å². The number of unbranched alkanes of at least 4 members (excludes halogenated alkanes) is 1. The number of carbonyl (C=O) groups excluding carboxylic acids is 3. The molecule has 3 amide bonds.